The predicted octanol–water partition coefficient (Wildman–Crippen LogP) is 3.01. The lowest BCUT2D eigenvalue weighted by Gasteiger charge is -2.36. The molecule has 1 aliphatic rings. The highest BCUT2D eigenvalue weighted by Crippen LogP contribution is 2.27. The van der Waals surface area contributed by atoms with E-state index in [9.17, 15) is 4.79 Å². The second-order valence-corrected chi connectivity index (χ2v) is 7.68. The summed E-state index contributed by atoms with van der Waals surface area (Å²) in [6, 6.07) is 13.1. The van der Waals surface area contributed by atoms with Crippen molar-refractivity contribution in [3.63, 3.8) is 0 Å². The van der Waals surface area contributed by atoms with Crippen LogP contribution in [0.2, 0.25) is 0 Å². The largest absolute Gasteiger partial charge is 0.494 e. The van der Waals surface area contributed by atoms with Crippen molar-refractivity contribution in [2.24, 2.45) is 0 Å². The number of hydrogen-bond donors (Lipinski definition) is 0. The fraction of sp³-hybridized carbons (Fsp3) is 0.375. The topological polar surface area (TPSA) is 72.7 Å². The number of pyridine rings is 1. The molecule has 1 aromatic carbocycles. The predicted molar refractivity (Wildman–Crippen MR) is 123 cm³/mol. The van der Waals surface area contributed by atoms with Crippen molar-refractivity contribution in [3.05, 3.63) is 60.0 Å². The lowest BCUT2D eigenvalue weighted by molar-refractivity contribution is -0.133. The van der Waals surface area contributed by atoms with Crippen molar-refractivity contribution >= 4 is 11.6 Å². The Morgan fingerprint density at radius 1 is 0.969 bits per heavy atom. The number of carbonyl (C=O) groups excluding carboxylic acids is 1. The molecule has 1 amide bonds. The van der Waals surface area contributed by atoms with Crippen LogP contribution in [0.1, 0.15) is 18.3 Å². The Labute approximate surface area is 188 Å². The van der Waals surface area contributed by atoms with Crippen LogP contribution in [-0.4, -0.2) is 65.0 Å². The lowest BCUT2D eigenvalue weighted by atomic mass is 10.2. The Morgan fingerprint density at radius 2 is 1.66 bits per heavy atom. The summed E-state index contributed by atoms with van der Waals surface area (Å²) in [5.74, 6) is 2.25. The maximum atomic E-state index is 12.6. The number of carbonyl (C=O) groups is 1. The van der Waals surface area contributed by atoms with Crippen molar-refractivity contribution < 1.29 is 14.3 Å². The van der Waals surface area contributed by atoms with Gasteiger partial charge in [-0.05, 0) is 57.2 Å². The summed E-state index contributed by atoms with van der Waals surface area (Å²) in [5, 5.41) is 4.69. The van der Waals surface area contributed by atoms with Crippen LogP contribution in [0.5, 0.6) is 11.5 Å². The van der Waals surface area contributed by atoms with Crippen LogP contribution < -0.4 is 14.4 Å². The maximum Gasteiger partial charge on any atom is 0.260 e. The van der Waals surface area contributed by atoms with E-state index in [0.29, 0.717) is 25.4 Å². The van der Waals surface area contributed by atoms with Gasteiger partial charge in [-0.1, -0.05) is 6.07 Å². The fourth-order valence-corrected chi connectivity index (χ4v) is 4.01. The molecule has 0 aliphatic carbocycles. The molecule has 8 heteroatoms. The molecule has 0 atom stereocenters. The minimum absolute atomic E-state index is 0.00356. The van der Waals surface area contributed by atoms with E-state index in [1.54, 1.807) is 6.20 Å². The van der Waals surface area contributed by atoms with E-state index in [2.05, 4.69) is 16.8 Å². The highest BCUT2D eigenvalue weighted by Gasteiger charge is 2.25. The Bertz CT molecular complexity index is 1040. The molecule has 0 bridgehead atoms. The third-order valence-corrected chi connectivity index (χ3v) is 5.57. The van der Waals surface area contributed by atoms with Crippen LogP contribution in [-0.2, 0) is 4.79 Å². The van der Waals surface area contributed by atoms with Crippen LogP contribution in [0, 0.1) is 13.8 Å². The first-order chi connectivity index (χ1) is 15.6. The zero-order valence-electron chi connectivity index (χ0n) is 18.8. The van der Waals surface area contributed by atoms with Gasteiger partial charge < -0.3 is 19.3 Å². The number of amides is 1. The van der Waals surface area contributed by atoms with Crippen LogP contribution in [0.15, 0.2) is 48.7 Å². The van der Waals surface area contributed by atoms with Gasteiger partial charge in [0.2, 0.25) is 0 Å². The monoisotopic (exact) mass is 435 g/mol. The Morgan fingerprint density at radius 3 is 2.28 bits per heavy atom. The van der Waals surface area contributed by atoms with Crippen molar-refractivity contribution in [2.45, 2.75) is 20.8 Å². The average molecular weight is 436 g/mol. The number of anilines is 1. The molecule has 3 aromatic rings. The molecule has 0 spiro atoms. The van der Waals surface area contributed by atoms with Gasteiger partial charge in [0.15, 0.2) is 12.4 Å². The van der Waals surface area contributed by atoms with E-state index in [1.807, 2.05) is 65.9 Å². The van der Waals surface area contributed by atoms with E-state index < -0.39 is 0 Å². The van der Waals surface area contributed by atoms with Crippen molar-refractivity contribution in [1.29, 1.82) is 0 Å². The minimum Gasteiger partial charge on any atom is -0.494 e. The Kier molecular flexibility index (Phi) is 6.58. The zero-order valence-corrected chi connectivity index (χ0v) is 18.8. The van der Waals surface area contributed by atoms with Crippen LogP contribution in [0.25, 0.3) is 5.82 Å². The quantitative estimate of drug-likeness (QED) is 0.568. The lowest BCUT2D eigenvalue weighted by Crippen LogP contribution is -2.50. The van der Waals surface area contributed by atoms with E-state index in [1.165, 1.54) is 0 Å². The van der Waals surface area contributed by atoms with E-state index in [-0.39, 0.29) is 12.5 Å². The molecule has 168 valence electrons. The molecule has 1 fully saturated rings. The number of ether oxygens (including phenoxy) is 2. The fourth-order valence-electron chi connectivity index (χ4n) is 4.01. The van der Waals surface area contributed by atoms with E-state index in [4.69, 9.17) is 14.6 Å². The van der Waals surface area contributed by atoms with Gasteiger partial charge in [-0.25, -0.2) is 9.67 Å². The summed E-state index contributed by atoms with van der Waals surface area (Å²) in [7, 11) is 0. The summed E-state index contributed by atoms with van der Waals surface area (Å²) >= 11 is 0. The molecular weight excluding hydrogens is 406 g/mol. The van der Waals surface area contributed by atoms with E-state index >= 15 is 0 Å². The first-order valence-corrected chi connectivity index (χ1v) is 10.9. The first-order valence-electron chi connectivity index (χ1n) is 10.9. The molecule has 32 heavy (non-hydrogen) atoms. The third kappa shape index (κ3) is 4.69. The van der Waals surface area contributed by atoms with Crippen molar-refractivity contribution in [3.8, 4) is 17.3 Å². The Balaban J connectivity index is 1.33. The summed E-state index contributed by atoms with van der Waals surface area (Å²) < 4.78 is 13.0. The second-order valence-electron chi connectivity index (χ2n) is 7.68. The molecule has 3 heterocycles. The molecular formula is C24H29N5O3. The number of aryl methyl sites for hydroxylation is 1. The first kappa shape index (κ1) is 21.7. The summed E-state index contributed by atoms with van der Waals surface area (Å²) in [4.78, 5) is 21.2. The number of benzene rings is 1. The minimum atomic E-state index is -0.00356. The molecule has 1 saturated heterocycles. The highest BCUT2D eigenvalue weighted by molar-refractivity contribution is 5.78. The standard InChI is InChI=1S/C24H29N5O3/c1-4-31-20-8-10-21(11-9-20)32-17-23(30)27-13-15-28(16-14-27)24-18(2)26-29(19(24)3)22-7-5-6-12-25-22/h5-12H,4,13-17H2,1-3H3. The van der Waals surface area contributed by atoms with Crippen LogP contribution in [0.4, 0.5) is 5.69 Å². The smallest absolute Gasteiger partial charge is 0.260 e. The zero-order chi connectivity index (χ0) is 22.5. The van der Waals surface area contributed by atoms with Gasteiger partial charge in [-0.2, -0.15) is 5.10 Å². The van der Waals surface area contributed by atoms with Gasteiger partial charge in [-0.15, -0.1) is 0 Å². The molecule has 2 aromatic heterocycles. The number of hydrogen-bond acceptors (Lipinski definition) is 6. The van der Waals surface area contributed by atoms with Gasteiger partial charge >= 0.3 is 0 Å². The van der Waals surface area contributed by atoms with Gasteiger partial charge in [0, 0.05) is 32.4 Å². The molecule has 4 rings (SSSR count). The van der Waals surface area contributed by atoms with E-state index in [0.717, 1.165) is 41.7 Å². The normalized spacial score (nSPS) is 13.8. The van der Waals surface area contributed by atoms with Crippen molar-refractivity contribution in [2.75, 3.05) is 44.3 Å². The van der Waals surface area contributed by atoms with Gasteiger partial charge in [0.1, 0.15) is 11.5 Å². The molecule has 8 nitrogen and oxygen atoms in total. The van der Waals surface area contributed by atoms with Gasteiger partial charge in [0.25, 0.3) is 5.91 Å². The second kappa shape index (κ2) is 9.72. The molecule has 0 saturated carbocycles. The number of nitrogens with zero attached hydrogens (tertiary/aromatic N) is 5. The molecule has 0 N–H and O–H groups in total. The Hall–Kier alpha value is -3.55. The number of aromatic nitrogens is 3. The number of piperazine rings is 1. The van der Waals surface area contributed by atoms with Crippen LogP contribution >= 0.6 is 0 Å². The maximum absolute atomic E-state index is 12.6. The van der Waals surface area contributed by atoms with Crippen molar-refractivity contribution in [1.82, 2.24) is 19.7 Å². The summed E-state index contributed by atoms with van der Waals surface area (Å²) in [5.41, 5.74) is 3.14. The number of rotatable bonds is 7. The summed E-state index contributed by atoms with van der Waals surface area (Å²) in [6.07, 6.45) is 1.77. The highest BCUT2D eigenvalue weighted by atomic mass is 16.5. The SMILES string of the molecule is CCOc1ccc(OCC(=O)N2CCN(c3c(C)nn(-c4ccccn4)c3C)CC2)cc1. The molecule has 1 aliphatic heterocycles. The third-order valence-electron chi connectivity index (χ3n) is 5.57. The van der Waals surface area contributed by atoms with Crippen LogP contribution in [0.3, 0.4) is 0 Å². The van der Waals surface area contributed by atoms with Gasteiger partial charge in [-0.3, -0.25) is 4.79 Å². The van der Waals surface area contributed by atoms with Gasteiger partial charge in [0.05, 0.1) is 23.7 Å². The average Bonchev–Trinajstić information content (AvgIpc) is 3.13. The molecule has 0 radical (unpaired) electrons. The summed E-state index contributed by atoms with van der Waals surface area (Å²) in [6.45, 7) is 9.48. The molecule has 0 unspecified atom stereocenters.